The van der Waals surface area contributed by atoms with E-state index in [1.54, 1.807) is 18.2 Å². The van der Waals surface area contributed by atoms with Crippen LogP contribution in [0.3, 0.4) is 0 Å². The summed E-state index contributed by atoms with van der Waals surface area (Å²) in [6.07, 6.45) is 1.53. The van der Waals surface area contributed by atoms with Gasteiger partial charge in [-0.2, -0.15) is 5.10 Å². The molecule has 4 heteroatoms. The molecule has 0 atom stereocenters. The molecule has 3 rings (SSSR count). The number of carbonyl (C=O) groups is 1. The van der Waals surface area contributed by atoms with Gasteiger partial charge in [0.15, 0.2) is 0 Å². The van der Waals surface area contributed by atoms with Crippen LogP contribution in [0, 0.1) is 0 Å². The summed E-state index contributed by atoms with van der Waals surface area (Å²) in [4.78, 5) is 12.1. The number of nitrogens with zero attached hydrogens (tertiary/aromatic N) is 1. The number of halogens is 1. The Bertz CT molecular complexity index is 858. The molecule has 118 valence electrons. The Labute approximate surface area is 145 Å². The maximum absolute atomic E-state index is 12.1. The van der Waals surface area contributed by atoms with E-state index in [9.17, 15) is 4.79 Å². The highest BCUT2D eigenvalue weighted by molar-refractivity contribution is 6.33. The fourth-order valence-corrected chi connectivity index (χ4v) is 2.43. The first-order valence-electron chi connectivity index (χ1n) is 7.47. The van der Waals surface area contributed by atoms with Crippen LogP contribution in [0.4, 0.5) is 0 Å². The van der Waals surface area contributed by atoms with E-state index in [4.69, 9.17) is 11.6 Å². The van der Waals surface area contributed by atoms with Crippen LogP contribution in [0.25, 0.3) is 11.1 Å². The first kappa shape index (κ1) is 16.0. The van der Waals surface area contributed by atoms with Crippen LogP contribution < -0.4 is 5.43 Å². The van der Waals surface area contributed by atoms with Gasteiger partial charge in [0.1, 0.15) is 0 Å². The molecule has 0 heterocycles. The third-order valence-electron chi connectivity index (χ3n) is 3.53. The van der Waals surface area contributed by atoms with Gasteiger partial charge in [-0.05, 0) is 29.3 Å². The van der Waals surface area contributed by atoms with Gasteiger partial charge in [0.2, 0.25) is 0 Å². The second kappa shape index (κ2) is 7.57. The second-order valence-corrected chi connectivity index (χ2v) is 5.57. The summed E-state index contributed by atoms with van der Waals surface area (Å²) >= 11 is 6.03. The molecule has 0 fully saturated rings. The van der Waals surface area contributed by atoms with Gasteiger partial charge in [0, 0.05) is 16.1 Å². The molecule has 3 aromatic rings. The van der Waals surface area contributed by atoms with Crippen molar-refractivity contribution < 1.29 is 4.79 Å². The number of amides is 1. The number of hydrazone groups is 1. The highest BCUT2D eigenvalue weighted by atomic mass is 35.5. The van der Waals surface area contributed by atoms with E-state index < -0.39 is 0 Å². The summed E-state index contributed by atoms with van der Waals surface area (Å²) in [5, 5.41) is 4.54. The molecule has 0 saturated carbocycles. The first-order valence-corrected chi connectivity index (χ1v) is 7.85. The SMILES string of the molecule is O=C(N/N=C\c1ccccc1Cl)c1ccc(-c2ccccc2)cc1. The molecule has 0 aliphatic rings. The van der Waals surface area contributed by atoms with Gasteiger partial charge in [0.25, 0.3) is 5.91 Å². The van der Waals surface area contributed by atoms with Gasteiger partial charge in [-0.25, -0.2) is 5.43 Å². The molecule has 0 aliphatic carbocycles. The molecule has 0 unspecified atom stereocenters. The van der Waals surface area contributed by atoms with Gasteiger partial charge < -0.3 is 0 Å². The van der Waals surface area contributed by atoms with Crippen LogP contribution in [0.15, 0.2) is 84.0 Å². The fraction of sp³-hybridized carbons (Fsp3) is 0. The van der Waals surface area contributed by atoms with Crippen molar-refractivity contribution in [1.82, 2.24) is 5.43 Å². The zero-order valence-corrected chi connectivity index (χ0v) is 13.6. The van der Waals surface area contributed by atoms with Gasteiger partial charge in [-0.3, -0.25) is 4.79 Å². The van der Waals surface area contributed by atoms with Crippen LogP contribution in [0.2, 0.25) is 5.02 Å². The van der Waals surface area contributed by atoms with Crippen LogP contribution in [-0.4, -0.2) is 12.1 Å². The molecule has 0 radical (unpaired) electrons. The molecule has 24 heavy (non-hydrogen) atoms. The van der Waals surface area contributed by atoms with E-state index >= 15 is 0 Å². The lowest BCUT2D eigenvalue weighted by Gasteiger charge is -2.04. The summed E-state index contributed by atoms with van der Waals surface area (Å²) in [5.41, 5.74) is 5.98. The summed E-state index contributed by atoms with van der Waals surface area (Å²) in [6, 6.07) is 24.7. The van der Waals surface area contributed by atoms with Crippen molar-refractivity contribution in [1.29, 1.82) is 0 Å². The zero-order valence-electron chi connectivity index (χ0n) is 12.8. The summed E-state index contributed by atoms with van der Waals surface area (Å²) in [7, 11) is 0. The van der Waals surface area contributed by atoms with E-state index in [2.05, 4.69) is 10.5 Å². The number of benzene rings is 3. The molecule has 0 aromatic heterocycles. The minimum absolute atomic E-state index is 0.266. The average Bonchev–Trinajstić information content (AvgIpc) is 2.64. The maximum Gasteiger partial charge on any atom is 0.271 e. The Morgan fingerprint density at radius 2 is 1.46 bits per heavy atom. The number of rotatable bonds is 4. The zero-order chi connectivity index (χ0) is 16.8. The highest BCUT2D eigenvalue weighted by Crippen LogP contribution is 2.19. The fourth-order valence-electron chi connectivity index (χ4n) is 2.25. The molecule has 1 N–H and O–H groups in total. The van der Waals surface area contributed by atoms with Crippen molar-refractivity contribution in [2.24, 2.45) is 5.10 Å². The molecule has 0 aliphatic heterocycles. The third-order valence-corrected chi connectivity index (χ3v) is 3.87. The monoisotopic (exact) mass is 334 g/mol. The largest absolute Gasteiger partial charge is 0.271 e. The molecule has 3 nitrogen and oxygen atoms in total. The second-order valence-electron chi connectivity index (χ2n) is 5.16. The quantitative estimate of drug-likeness (QED) is 0.542. The van der Waals surface area contributed by atoms with Gasteiger partial charge in [-0.1, -0.05) is 72.3 Å². The smallest absolute Gasteiger partial charge is 0.267 e. The molecule has 0 bridgehead atoms. The van der Waals surface area contributed by atoms with Crippen LogP contribution in [0.1, 0.15) is 15.9 Å². The van der Waals surface area contributed by atoms with Crippen LogP contribution in [0.5, 0.6) is 0 Å². The van der Waals surface area contributed by atoms with E-state index in [0.29, 0.717) is 10.6 Å². The maximum atomic E-state index is 12.1. The van der Waals surface area contributed by atoms with Crippen molar-refractivity contribution in [3.8, 4) is 11.1 Å². The van der Waals surface area contributed by atoms with Gasteiger partial charge in [-0.15, -0.1) is 0 Å². The highest BCUT2D eigenvalue weighted by Gasteiger charge is 2.05. The lowest BCUT2D eigenvalue weighted by molar-refractivity contribution is 0.0955. The molecule has 0 spiro atoms. The van der Waals surface area contributed by atoms with Crippen LogP contribution >= 0.6 is 11.6 Å². The first-order chi connectivity index (χ1) is 11.7. The Morgan fingerprint density at radius 3 is 2.17 bits per heavy atom. The molecule has 3 aromatic carbocycles. The standard InChI is InChI=1S/C20H15ClN2O/c21-19-9-5-4-8-18(19)14-22-23-20(24)17-12-10-16(11-13-17)15-6-2-1-3-7-15/h1-14H,(H,23,24)/b22-14-. The number of hydrogen-bond donors (Lipinski definition) is 1. The van der Waals surface area contributed by atoms with Crippen molar-refractivity contribution in [2.45, 2.75) is 0 Å². The predicted octanol–water partition coefficient (Wildman–Crippen LogP) is 4.77. The third kappa shape index (κ3) is 3.89. The normalized spacial score (nSPS) is 10.7. The van der Waals surface area contributed by atoms with Crippen molar-refractivity contribution in [3.05, 3.63) is 95.0 Å². The molecular weight excluding hydrogens is 320 g/mol. The average molecular weight is 335 g/mol. The topological polar surface area (TPSA) is 41.5 Å². The summed E-state index contributed by atoms with van der Waals surface area (Å²) in [5.74, 6) is -0.266. The van der Waals surface area contributed by atoms with Crippen molar-refractivity contribution >= 4 is 23.7 Å². The molecule has 1 amide bonds. The minimum atomic E-state index is -0.266. The number of hydrogen-bond acceptors (Lipinski definition) is 2. The Morgan fingerprint density at radius 1 is 0.833 bits per heavy atom. The minimum Gasteiger partial charge on any atom is -0.267 e. The van der Waals surface area contributed by atoms with E-state index in [-0.39, 0.29) is 5.91 Å². The van der Waals surface area contributed by atoms with Crippen molar-refractivity contribution in [3.63, 3.8) is 0 Å². The van der Waals surface area contributed by atoms with Crippen LogP contribution in [-0.2, 0) is 0 Å². The van der Waals surface area contributed by atoms with E-state index in [1.807, 2.05) is 60.7 Å². The molecule has 0 saturated heterocycles. The lowest BCUT2D eigenvalue weighted by atomic mass is 10.0. The Balaban J connectivity index is 1.66. The summed E-state index contributed by atoms with van der Waals surface area (Å²) < 4.78 is 0. The number of nitrogens with one attached hydrogen (secondary N) is 1. The van der Waals surface area contributed by atoms with Gasteiger partial charge >= 0.3 is 0 Å². The van der Waals surface area contributed by atoms with E-state index in [1.165, 1.54) is 6.21 Å². The predicted molar refractivity (Wildman–Crippen MR) is 98.4 cm³/mol. The Kier molecular flexibility index (Phi) is 5.04. The lowest BCUT2D eigenvalue weighted by Crippen LogP contribution is -2.17. The van der Waals surface area contributed by atoms with Gasteiger partial charge in [0.05, 0.1) is 6.21 Å². The summed E-state index contributed by atoms with van der Waals surface area (Å²) in [6.45, 7) is 0. The van der Waals surface area contributed by atoms with E-state index in [0.717, 1.165) is 16.7 Å². The molecular formula is C20H15ClN2O. The van der Waals surface area contributed by atoms with Crippen molar-refractivity contribution in [2.75, 3.05) is 0 Å². The Hall–Kier alpha value is -2.91. The number of carbonyl (C=O) groups excluding carboxylic acids is 1.